The van der Waals surface area contributed by atoms with Crippen molar-refractivity contribution in [1.82, 2.24) is 0 Å². The Labute approximate surface area is 115 Å². The summed E-state index contributed by atoms with van der Waals surface area (Å²) in [6.45, 7) is 0. The lowest BCUT2D eigenvalue weighted by Gasteiger charge is -2.06. The van der Waals surface area contributed by atoms with E-state index < -0.39 is 0 Å². The lowest BCUT2D eigenvalue weighted by atomic mass is 10.1. The van der Waals surface area contributed by atoms with Gasteiger partial charge in [0.15, 0.2) is 11.5 Å². The maximum Gasteiger partial charge on any atom is 0.228 e. The van der Waals surface area contributed by atoms with Gasteiger partial charge in [-0.2, -0.15) is 5.26 Å². The number of anilines is 1. The van der Waals surface area contributed by atoms with Crippen molar-refractivity contribution in [1.29, 1.82) is 5.26 Å². The van der Waals surface area contributed by atoms with E-state index in [1.165, 1.54) is 12.1 Å². The van der Waals surface area contributed by atoms with Crippen LogP contribution in [0.5, 0.6) is 11.5 Å². The molecule has 1 amide bonds. The number of phenolic OH excluding ortho intramolecular Hbond substituents is 2. The highest BCUT2D eigenvalue weighted by Crippen LogP contribution is 2.25. The molecular formula is C15H12N2O3. The Morgan fingerprint density at radius 2 is 1.80 bits per heavy atom. The van der Waals surface area contributed by atoms with Crippen LogP contribution in [-0.2, 0) is 11.2 Å². The first kappa shape index (κ1) is 13.4. The number of carbonyl (C=O) groups is 1. The van der Waals surface area contributed by atoms with E-state index in [0.717, 1.165) is 0 Å². The van der Waals surface area contributed by atoms with Crippen molar-refractivity contribution in [3.05, 3.63) is 53.6 Å². The second kappa shape index (κ2) is 5.76. The Morgan fingerprint density at radius 1 is 1.10 bits per heavy atom. The van der Waals surface area contributed by atoms with Crippen molar-refractivity contribution in [3.63, 3.8) is 0 Å². The number of nitrogens with one attached hydrogen (secondary N) is 1. The van der Waals surface area contributed by atoms with Crippen molar-refractivity contribution < 1.29 is 15.0 Å². The molecule has 0 spiro atoms. The molecule has 5 heteroatoms. The van der Waals surface area contributed by atoms with Crippen LogP contribution in [0.1, 0.15) is 11.1 Å². The van der Waals surface area contributed by atoms with Gasteiger partial charge in [-0.05, 0) is 42.0 Å². The maximum atomic E-state index is 11.8. The fraction of sp³-hybridized carbons (Fsp3) is 0.0667. The summed E-state index contributed by atoms with van der Waals surface area (Å²) in [6, 6.07) is 12.7. The van der Waals surface area contributed by atoms with Gasteiger partial charge in [0.2, 0.25) is 5.91 Å². The molecule has 2 aromatic rings. The van der Waals surface area contributed by atoms with E-state index in [1.807, 2.05) is 6.07 Å². The molecule has 5 nitrogen and oxygen atoms in total. The van der Waals surface area contributed by atoms with Crippen LogP contribution in [0.4, 0.5) is 5.69 Å². The van der Waals surface area contributed by atoms with E-state index in [9.17, 15) is 15.0 Å². The molecular weight excluding hydrogens is 256 g/mol. The average Bonchev–Trinajstić information content (AvgIpc) is 2.44. The number of phenols is 2. The highest BCUT2D eigenvalue weighted by Gasteiger charge is 2.07. The number of hydrogen-bond donors (Lipinski definition) is 3. The molecule has 0 aliphatic heterocycles. The zero-order valence-corrected chi connectivity index (χ0v) is 10.5. The van der Waals surface area contributed by atoms with Gasteiger partial charge in [-0.1, -0.05) is 6.07 Å². The van der Waals surface area contributed by atoms with E-state index >= 15 is 0 Å². The minimum absolute atomic E-state index is 0.0772. The highest BCUT2D eigenvalue weighted by atomic mass is 16.3. The average molecular weight is 268 g/mol. The number of carbonyl (C=O) groups excluding carboxylic acids is 1. The van der Waals surface area contributed by atoms with Crippen LogP contribution >= 0.6 is 0 Å². The molecule has 3 N–H and O–H groups in total. The number of benzene rings is 2. The Kier molecular flexibility index (Phi) is 3.87. The fourth-order valence-corrected chi connectivity index (χ4v) is 1.70. The maximum absolute atomic E-state index is 11.8. The summed E-state index contributed by atoms with van der Waals surface area (Å²) in [4.78, 5) is 11.8. The molecule has 0 aliphatic carbocycles. The molecule has 100 valence electrons. The van der Waals surface area contributed by atoms with Crippen LogP contribution in [0.15, 0.2) is 42.5 Å². The monoisotopic (exact) mass is 268 g/mol. The first-order valence-electron chi connectivity index (χ1n) is 5.89. The molecule has 0 radical (unpaired) electrons. The highest BCUT2D eigenvalue weighted by molar-refractivity contribution is 5.92. The molecule has 2 rings (SSSR count). The number of rotatable bonds is 3. The lowest BCUT2D eigenvalue weighted by Crippen LogP contribution is -2.14. The third-order valence-electron chi connectivity index (χ3n) is 2.70. The summed E-state index contributed by atoms with van der Waals surface area (Å²) < 4.78 is 0. The molecule has 0 unspecified atom stereocenters. The predicted octanol–water partition coefficient (Wildman–Crippen LogP) is 2.15. The van der Waals surface area contributed by atoms with E-state index in [0.29, 0.717) is 16.8 Å². The fourth-order valence-electron chi connectivity index (χ4n) is 1.70. The Bertz CT molecular complexity index is 673. The van der Waals surface area contributed by atoms with Crippen molar-refractivity contribution in [2.45, 2.75) is 6.42 Å². The Balaban J connectivity index is 2.01. The summed E-state index contributed by atoms with van der Waals surface area (Å²) in [6.07, 6.45) is 0.0772. The molecule has 0 saturated heterocycles. The molecule has 0 aromatic heterocycles. The lowest BCUT2D eigenvalue weighted by molar-refractivity contribution is -0.115. The SMILES string of the molecule is N#Cc1ccc(NC(=O)Cc2ccc(O)c(O)c2)cc1. The zero-order valence-electron chi connectivity index (χ0n) is 10.5. The first-order valence-corrected chi connectivity index (χ1v) is 5.89. The van der Waals surface area contributed by atoms with Crippen molar-refractivity contribution in [2.75, 3.05) is 5.32 Å². The Hall–Kier alpha value is -3.00. The van der Waals surface area contributed by atoms with E-state index in [4.69, 9.17) is 5.26 Å². The summed E-state index contributed by atoms with van der Waals surface area (Å²) in [7, 11) is 0. The van der Waals surface area contributed by atoms with Gasteiger partial charge < -0.3 is 15.5 Å². The molecule has 0 bridgehead atoms. The summed E-state index contributed by atoms with van der Waals surface area (Å²) in [5.41, 5.74) is 1.70. The standard InChI is InChI=1S/C15H12N2O3/c16-9-10-1-4-12(5-2-10)17-15(20)8-11-3-6-13(18)14(19)7-11/h1-7,18-19H,8H2,(H,17,20). The number of nitriles is 1. The van der Waals surface area contributed by atoms with Crippen LogP contribution in [0.2, 0.25) is 0 Å². The zero-order chi connectivity index (χ0) is 14.5. The van der Waals surface area contributed by atoms with Crippen LogP contribution in [0, 0.1) is 11.3 Å². The van der Waals surface area contributed by atoms with Gasteiger partial charge >= 0.3 is 0 Å². The normalized spacial score (nSPS) is 9.75. The molecule has 0 aliphatic rings. The molecule has 0 saturated carbocycles. The minimum Gasteiger partial charge on any atom is -0.504 e. The summed E-state index contributed by atoms with van der Waals surface area (Å²) in [5, 5.41) is 29.9. The predicted molar refractivity (Wildman–Crippen MR) is 73.3 cm³/mol. The van der Waals surface area contributed by atoms with Crippen LogP contribution < -0.4 is 5.32 Å². The minimum atomic E-state index is -0.256. The molecule has 2 aromatic carbocycles. The first-order chi connectivity index (χ1) is 9.58. The summed E-state index contributed by atoms with van der Waals surface area (Å²) >= 11 is 0. The van der Waals surface area contributed by atoms with E-state index in [-0.39, 0.29) is 23.8 Å². The molecule has 0 fully saturated rings. The number of amides is 1. The second-order valence-corrected chi connectivity index (χ2v) is 4.24. The number of hydrogen-bond acceptors (Lipinski definition) is 4. The van der Waals surface area contributed by atoms with Gasteiger partial charge in [-0.3, -0.25) is 4.79 Å². The van der Waals surface area contributed by atoms with Crippen molar-refractivity contribution in [2.24, 2.45) is 0 Å². The van der Waals surface area contributed by atoms with Gasteiger partial charge in [0.1, 0.15) is 0 Å². The van der Waals surface area contributed by atoms with Gasteiger partial charge in [-0.25, -0.2) is 0 Å². The topological polar surface area (TPSA) is 93.4 Å². The number of aromatic hydroxyl groups is 2. The van der Waals surface area contributed by atoms with Gasteiger partial charge in [0.25, 0.3) is 0 Å². The summed E-state index contributed by atoms with van der Waals surface area (Å²) in [5.74, 6) is -0.727. The van der Waals surface area contributed by atoms with Gasteiger partial charge in [0.05, 0.1) is 18.1 Å². The molecule has 0 heterocycles. The van der Waals surface area contributed by atoms with Crippen LogP contribution in [0.3, 0.4) is 0 Å². The van der Waals surface area contributed by atoms with Crippen LogP contribution in [-0.4, -0.2) is 16.1 Å². The third-order valence-corrected chi connectivity index (χ3v) is 2.70. The molecule has 20 heavy (non-hydrogen) atoms. The molecule has 0 atom stereocenters. The largest absolute Gasteiger partial charge is 0.504 e. The van der Waals surface area contributed by atoms with Gasteiger partial charge in [0, 0.05) is 5.69 Å². The van der Waals surface area contributed by atoms with Crippen molar-refractivity contribution in [3.8, 4) is 17.6 Å². The van der Waals surface area contributed by atoms with Crippen molar-refractivity contribution >= 4 is 11.6 Å². The van der Waals surface area contributed by atoms with E-state index in [1.54, 1.807) is 30.3 Å². The third kappa shape index (κ3) is 3.27. The van der Waals surface area contributed by atoms with Crippen LogP contribution in [0.25, 0.3) is 0 Å². The second-order valence-electron chi connectivity index (χ2n) is 4.24. The quantitative estimate of drug-likeness (QED) is 0.743. The van der Waals surface area contributed by atoms with E-state index in [2.05, 4.69) is 5.32 Å². The smallest absolute Gasteiger partial charge is 0.228 e. The number of nitrogens with zero attached hydrogens (tertiary/aromatic N) is 1. The Morgan fingerprint density at radius 3 is 2.40 bits per heavy atom. The van der Waals surface area contributed by atoms with Gasteiger partial charge in [-0.15, -0.1) is 0 Å².